The zero-order valence-corrected chi connectivity index (χ0v) is 22.2. The van der Waals surface area contributed by atoms with Crippen LogP contribution in [0.5, 0.6) is 0 Å². The Balaban J connectivity index is 1.98. The number of rotatable bonds is 18. The molecule has 0 spiro atoms. The van der Waals surface area contributed by atoms with Gasteiger partial charge in [-0.3, -0.25) is 0 Å². The van der Waals surface area contributed by atoms with Gasteiger partial charge in [0.25, 0.3) is 0 Å². The van der Waals surface area contributed by atoms with Crippen molar-refractivity contribution in [3.05, 3.63) is 59.7 Å². The van der Waals surface area contributed by atoms with Crippen molar-refractivity contribution < 1.29 is 9.79 Å². The van der Waals surface area contributed by atoms with Crippen LogP contribution in [0.1, 0.15) is 115 Å². The van der Waals surface area contributed by atoms with E-state index in [9.17, 15) is 9.79 Å². The van der Waals surface area contributed by atoms with E-state index in [1.54, 1.807) is 0 Å². The average molecular weight is 472 g/mol. The van der Waals surface area contributed by atoms with Crippen molar-refractivity contribution >= 4 is 18.3 Å². The van der Waals surface area contributed by atoms with Crippen LogP contribution in [0.4, 0.5) is 0 Å². The van der Waals surface area contributed by atoms with Crippen LogP contribution in [0.15, 0.2) is 48.5 Å². The Hall–Kier alpha value is -1.21. The second kappa shape index (κ2) is 16.4. The molecule has 0 saturated heterocycles. The Morgan fingerprint density at radius 1 is 0.485 bits per heavy atom. The summed E-state index contributed by atoms with van der Waals surface area (Å²) in [7, 11) is -3.36. The molecule has 0 fully saturated rings. The van der Waals surface area contributed by atoms with Gasteiger partial charge in [-0.2, -0.15) is 0 Å². The molecular formula is C30H48O2P+. The zero-order chi connectivity index (χ0) is 23.8. The SMILES string of the molecule is CCCCCCCCCc1ccccc1[P+](O)(O)c1ccccc1CCCCCCCCC. The summed E-state index contributed by atoms with van der Waals surface area (Å²) >= 11 is 0. The second-order valence-electron chi connectivity index (χ2n) is 9.60. The van der Waals surface area contributed by atoms with Gasteiger partial charge >= 0.3 is 7.72 Å². The molecule has 0 heterocycles. The molecule has 2 aromatic carbocycles. The van der Waals surface area contributed by atoms with E-state index in [1.807, 2.05) is 36.4 Å². The third kappa shape index (κ3) is 9.89. The number of aryl methyl sites for hydroxylation is 2. The fourth-order valence-corrected chi connectivity index (χ4v) is 6.75. The standard InChI is InChI=1S/C30H48O2P/c1-3-5-7-9-11-13-15-21-27-23-17-19-25-29(27)33(31,32)30-26-20-18-24-28(30)22-16-14-12-10-8-6-4-2/h17-20,23-26,31-32H,3-16,21-22H2,1-2H3/q+1. The fraction of sp³-hybridized carbons (Fsp3) is 0.600. The first kappa shape index (κ1) is 28.0. The maximum absolute atomic E-state index is 11.5. The van der Waals surface area contributed by atoms with Crippen LogP contribution in [0.25, 0.3) is 0 Å². The predicted octanol–water partition coefficient (Wildman–Crippen LogP) is 8.06. The van der Waals surface area contributed by atoms with Crippen LogP contribution in [0.3, 0.4) is 0 Å². The van der Waals surface area contributed by atoms with Gasteiger partial charge in [0, 0.05) is 11.1 Å². The molecule has 0 aliphatic rings. The van der Waals surface area contributed by atoms with E-state index in [0.717, 1.165) is 47.4 Å². The molecule has 0 amide bonds. The van der Waals surface area contributed by atoms with Crippen LogP contribution in [0, 0.1) is 0 Å². The lowest BCUT2D eigenvalue weighted by Gasteiger charge is -2.18. The van der Waals surface area contributed by atoms with Crippen molar-refractivity contribution in [2.24, 2.45) is 0 Å². The van der Waals surface area contributed by atoms with Gasteiger partial charge in [0.2, 0.25) is 0 Å². The number of benzene rings is 2. The molecule has 0 atom stereocenters. The smallest absolute Gasteiger partial charge is 0.210 e. The molecule has 2 rings (SSSR count). The van der Waals surface area contributed by atoms with Crippen molar-refractivity contribution in [3.8, 4) is 0 Å². The van der Waals surface area contributed by atoms with Crippen LogP contribution < -0.4 is 10.6 Å². The Bertz CT molecular complexity index is 708. The molecular weight excluding hydrogens is 423 g/mol. The highest BCUT2D eigenvalue weighted by Gasteiger charge is 2.43. The minimum absolute atomic E-state index is 0.753. The predicted molar refractivity (Wildman–Crippen MR) is 147 cm³/mol. The molecule has 33 heavy (non-hydrogen) atoms. The van der Waals surface area contributed by atoms with Crippen LogP contribution in [-0.4, -0.2) is 9.79 Å². The van der Waals surface area contributed by atoms with Gasteiger partial charge < -0.3 is 0 Å². The van der Waals surface area contributed by atoms with E-state index < -0.39 is 7.72 Å². The van der Waals surface area contributed by atoms with E-state index in [-0.39, 0.29) is 0 Å². The molecule has 2 nitrogen and oxygen atoms in total. The van der Waals surface area contributed by atoms with E-state index in [4.69, 9.17) is 0 Å². The highest BCUT2D eigenvalue weighted by molar-refractivity contribution is 7.79. The second-order valence-corrected chi connectivity index (χ2v) is 11.8. The molecule has 184 valence electrons. The van der Waals surface area contributed by atoms with E-state index in [2.05, 4.69) is 26.0 Å². The summed E-state index contributed by atoms with van der Waals surface area (Å²) < 4.78 is 0. The molecule has 0 unspecified atom stereocenters. The summed E-state index contributed by atoms with van der Waals surface area (Å²) in [6, 6.07) is 16.0. The van der Waals surface area contributed by atoms with Gasteiger partial charge in [-0.25, -0.2) is 9.79 Å². The largest absolute Gasteiger partial charge is 0.333 e. The zero-order valence-electron chi connectivity index (χ0n) is 21.3. The maximum Gasteiger partial charge on any atom is 0.333 e. The maximum atomic E-state index is 11.5. The average Bonchev–Trinajstić information content (AvgIpc) is 2.83. The lowest BCUT2D eigenvalue weighted by atomic mass is 10.0. The quantitative estimate of drug-likeness (QED) is 0.170. The third-order valence-corrected chi connectivity index (χ3v) is 8.97. The van der Waals surface area contributed by atoms with Crippen molar-refractivity contribution in [3.63, 3.8) is 0 Å². The molecule has 3 heteroatoms. The summed E-state index contributed by atoms with van der Waals surface area (Å²) in [5.41, 5.74) is 2.21. The van der Waals surface area contributed by atoms with Gasteiger partial charge in [0.05, 0.1) is 0 Å². The van der Waals surface area contributed by atoms with Crippen molar-refractivity contribution in [2.45, 2.75) is 117 Å². The molecule has 0 aliphatic heterocycles. The van der Waals surface area contributed by atoms with Gasteiger partial charge in [0.1, 0.15) is 0 Å². The molecule has 0 aromatic heterocycles. The molecule has 0 bridgehead atoms. The minimum atomic E-state index is -3.36. The topological polar surface area (TPSA) is 40.5 Å². The van der Waals surface area contributed by atoms with E-state index >= 15 is 0 Å². The first-order valence-corrected chi connectivity index (χ1v) is 15.3. The van der Waals surface area contributed by atoms with Gasteiger partial charge in [-0.05, 0) is 37.8 Å². The Morgan fingerprint density at radius 3 is 1.21 bits per heavy atom. The summed E-state index contributed by atoms with van der Waals surface area (Å²) in [6.45, 7) is 4.51. The van der Waals surface area contributed by atoms with E-state index in [1.165, 1.54) is 77.0 Å². The fourth-order valence-electron chi connectivity index (χ4n) is 4.73. The highest BCUT2D eigenvalue weighted by Crippen LogP contribution is 2.49. The lowest BCUT2D eigenvalue weighted by Crippen LogP contribution is -2.27. The van der Waals surface area contributed by atoms with Gasteiger partial charge in [-0.1, -0.05) is 127 Å². The first-order chi connectivity index (χ1) is 16.1. The van der Waals surface area contributed by atoms with Crippen molar-refractivity contribution in [1.29, 1.82) is 0 Å². The molecule has 0 aliphatic carbocycles. The number of hydrogen-bond acceptors (Lipinski definition) is 2. The van der Waals surface area contributed by atoms with Gasteiger partial charge in [0.15, 0.2) is 10.6 Å². The highest BCUT2D eigenvalue weighted by atomic mass is 31.2. The lowest BCUT2D eigenvalue weighted by molar-refractivity contribution is 0.478. The van der Waals surface area contributed by atoms with Crippen LogP contribution >= 0.6 is 7.72 Å². The van der Waals surface area contributed by atoms with Gasteiger partial charge in [-0.15, -0.1) is 0 Å². The summed E-state index contributed by atoms with van der Waals surface area (Å²) in [5.74, 6) is 0. The monoisotopic (exact) mass is 471 g/mol. The summed E-state index contributed by atoms with van der Waals surface area (Å²) in [5, 5.41) is 1.51. The number of hydrogen-bond donors (Lipinski definition) is 2. The van der Waals surface area contributed by atoms with Crippen molar-refractivity contribution in [2.75, 3.05) is 0 Å². The molecule has 2 aromatic rings. The Kier molecular flexibility index (Phi) is 13.9. The molecule has 0 radical (unpaired) electrons. The van der Waals surface area contributed by atoms with E-state index in [0.29, 0.717) is 0 Å². The molecule has 0 saturated carbocycles. The first-order valence-electron chi connectivity index (χ1n) is 13.6. The summed E-state index contributed by atoms with van der Waals surface area (Å²) in [4.78, 5) is 23.0. The van der Waals surface area contributed by atoms with Crippen LogP contribution in [-0.2, 0) is 12.8 Å². The minimum Gasteiger partial charge on any atom is -0.210 e. The third-order valence-electron chi connectivity index (χ3n) is 6.75. The Morgan fingerprint density at radius 2 is 0.818 bits per heavy atom. The molecule has 2 N–H and O–H groups in total. The van der Waals surface area contributed by atoms with Crippen LogP contribution in [0.2, 0.25) is 0 Å². The van der Waals surface area contributed by atoms with Crippen molar-refractivity contribution in [1.82, 2.24) is 0 Å². The summed E-state index contributed by atoms with van der Waals surface area (Å²) in [6.07, 6.45) is 19.6. The number of unbranched alkanes of at least 4 members (excludes halogenated alkanes) is 12. The normalized spacial score (nSPS) is 11.8. The Labute approximate surface area is 204 Å².